The molecule has 0 spiro atoms. The van der Waals surface area contributed by atoms with Crippen LogP contribution in [-0.2, 0) is 6.42 Å². The van der Waals surface area contributed by atoms with E-state index in [1.54, 1.807) is 7.11 Å². The molecule has 0 amide bonds. The lowest BCUT2D eigenvalue weighted by atomic mass is 9.80. The second-order valence-electron chi connectivity index (χ2n) is 4.31. The highest BCUT2D eigenvalue weighted by Gasteiger charge is 2.26. The molecule has 1 N–H and O–H groups in total. The fourth-order valence-electron chi connectivity index (χ4n) is 2.62. The van der Waals surface area contributed by atoms with E-state index in [0.717, 1.165) is 12.2 Å². The Labute approximate surface area is 91.6 Å². The topological polar surface area (TPSA) is 21.3 Å². The molecular formula is C13H19NO. The Balaban J connectivity index is 2.45. The Morgan fingerprint density at radius 1 is 1.40 bits per heavy atom. The van der Waals surface area contributed by atoms with Crippen molar-refractivity contribution in [1.82, 2.24) is 5.32 Å². The zero-order chi connectivity index (χ0) is 10.8. The van der Waals surface area contributed by atoms with Gasteiger partial charge in [0.2, 0.25) is 0 Å². The predicted octanol–water partition coefficient (Wildman–Crippen LogP) is 2.54. The van der Waals surface area contributed by atoms with E-state index in [0.29, 0.717) is 12.0 Å². The van der Waals surface area contributed by atoms with Crippen molar-refractivity contribution < 1.29 is 4.74 Å². The van der Waals surface area contributed by atoms with Crippen molar-refractivity contribution in [3.05, 3.63) is 29.3 Å². The number of hydrogen-bond donors (Lipinski definition) is 1. The van der Waals surface area contributed by atoms with Crippen LogP contribution in [0, 0.1) is 5.92 Å². The van der Waals surface area contributed by atoms with Crippen LogP contribution in [0.3, 0.4) is 0 Å². The average molecular weight is 205 g/mol. The number of hydrogen-bond acceptors (Lipinski definition) is 2. The Bertz CT molecular complexity index is 348. The molecule has 0 fully saturated rings. The van der Waals surface area contributed by atoms with Crippen molar-refractivity contribution in [2.75, 3.05) is 14.2 Å². The fourth-order valence-corrected chi connectivity index (χ4v) is 2.62. The first-order valence-corrected chi connectivity index (χ1v) is 5.61. The van der Waals surface area contributed by atoms with E-state index in [4.69, 9.17) is 4.74 Å². The monoisotopic (exact) mass is 205 g/mol. The molecule has 0 bridgehead atoms. The van der Waals surface area contributed by atoms with Gasteiger partial charge in [0.1, 0.15) is 5.75 Å². The normalized spacial score (nSPS) is 24.7. The van der Waals surface area contributed by atoms with Crippen molar-refractivity contribution in [2.24, 2.45) is 5.92 Å². The van der Waals surface area contributed by atoms with Gasteiger partial charge in [-0.1, -0.05) is 19.1 Å². The molecule has 0 saturated carbocycles. The standard InChI is InChI=1S/C13H19NO/c1-9-7-8-10-11(13(9)14-2)5-4-6-12(10)15-3/h4-6,9,13-14H,7-8H2,1-3H3. The highest BCUT2D eigenvalue weighted by atomic mass is 16.5. The number of fused-ring (bicyclic) bond motifs is 1. The largest absolute Gasteiger partial charge is 0.496 e. The maximum atomic E-state index is 5.41. The summed E-state index contributed by atoms with van der Waals surface area (Å²) in [4.78, 5) is 0. The molecule has 1 aromatic rings. The van der Waals surface area contributed by atoms with Crippen LogP contribution in [0.2, 0.25) is 0 Å². The number of benzene rings is 1. The van der Waals surface area contributed by atoms with Gasteiger partial charge in [-0.25, -0.2) is 0 Å². The molecule has 82 valence electrons. The third-order valence-corrected chi connectivity index (χ3v) is 3.45. The molecule has 0 saturated heterocycles. The molecule has 2 heteroatoms. The molecule has 0 aliphatic heterocycles. The van der Waals surface area contributed by atoms with Gasteiger partial charge < -0.3 is 10.1 Å². The maximum Gasteiger partial charge on any atom is 0.122 e. The average Bonchev–Trinajstić information content (AvgIpc) is 2.28. The van der Waals surface area contributed by atoms with Gasteiger partial charge in [-0.3, -0.25) is 0 Å². The van der Waals surface area contributed by atoms with E-state index >= 15 is 0 Å². The zero-order valence-electron chi connectivity index (χ0n) is 9.71. The smallest absolute Gasteiger partial charge is 0.122 e. The van der Waals surface area contributed by atoms with Crippen molar-refractivity contribution >= 4 is 0 Å². The molecule has 1 aromatic carbocycles. The Morgan fingerprint density at radius 2 is 2.20 bits per heavy atom. The summed E-state index contributed by atoms with van der Waals surface area (Å²) in [6.07, 6.45) is 2.37. The van der Waals surface area contributed by atoms with Crippen LogP contribution in [0.25, 0.3) is 0 Å². The highest BCUT2D eigenvalue weighted by Crippen LogP contribution is 2.38. The lowest BCUT2D eigenvalue weighted by Gasteiger charge is -2.32. The third kappa shape index (κ3) is 1.74. The van der Waals surface area contributed by atoms with Gasteiger partial charge in [-0.15, -0.1) is 0 Å². The van der Waals surface area contributed by atoms with Gasteiger partial charge in [0, 0.05) is 6.04 Å². The van der Waals surface area contributed by atoms with Gasteiger partial charge in [0.25, 0.3) is 0 Å². The quantitative estimate of drug-likeness (QED) is 0.801. The lowest BCUT2D eigenvalue weighted by Crippen LogP contribution is -2.28. The van der Waals surface area contributed by atoms with Crippen molar-refractivity contribution in [1.29, 1.82) is 0 Å². The van der Waals surface area contributed by atoms with Crippen LogP contribution in [0.5, 0.6) is 5.75 Å². The molecule has 1 aliphatic rings. The Morgan fingerprint density at radius 3 is 2.87 bits per heavy atom. The van der Waals surface area contributed by atoms with Crippen LogP contribution in [-0.4, -0.2) is 14.2 Å². The van der Waals surface area contributed by atoms with Crippen LogP contribution < -0.4 is 10.1 Å². The molecule has 1 aliphatic carbocycles. The van der Waals surface area contributed by atoms with E-state index in [2.05, 4.69) is 30.4 Å². The summed E-state index contributed by atoms with van der Waals surface area (Å²) < 4.78 is 5.41. The zero-order valence-corrected chi connectivity index (χ0v) is 9.71. The van der Waals surface area contributed by atoms with E-state index in [9.17, 15) is 0 Å². The van der Waals surface area contributed by atoms with Gasteiger partial charge in [-0.2, -0.15) is 0 Å². The number of ether oxygens (including phenoxy) is 1. The van der Waals surface area contributed by atoms with Crippen LogP contribution >= 0.6 is 0 Å². The molecule has 2 atom stereocenters. The summed E-state index contributed by atoms with van der Waals surface area (Å²) >= 11 is 0. The van der Waals surface area contributed by atoms with Crippen molar-refractivity contribution in [3.63, 3.8) is 0 Å². The van der Waals surface area contributed by atoms with Gasteiger partial charge in [-0.05, 0) is 43.0 Å². The van der Waals surface area contributed by atoms with Gasteiger partial charge >= 0.3 is 0 Å². The first-order chi connectivity index (χ1) is 7.27. The van der Waals surface area contributed by atoms with E-state index in [1.165, 1.54) is 17.5 Å². The lowest BCUT2D eigenvalue weighted by molar-refractivity contribution is 0.350. The second-order valence-corrected chi connectivity index (χ2v) is 4.31. The number of methoxy groups -OCH3 is 1. The highest BCUT2D eigenvalue weighted by molar-refractivity contribution is 5.43. The molecule has 15 heavy (non-hydrogen) atoms. The Hall–Kier alpha value is -1.02. The molecule has 2 rings (SSSR count). The summed E-state index contributed by atoms with van der Waals surface area (Å²) in [7, 11) is 3.79. The summed E-state index contributed by atoms with van der Waals surface area (Å²) in [5, 5.41) is 3.41. The minimum Gasteiger partial charge on any atom is -0.496 e. The minimum atomic E-state index is 0.476. The molecule has 0 heterocycles. The first-order valence-electron chi connectivity index (χ1n) is 5.61. The van der Waals surface area contributed by atoms with Crippen LogP contribution in [0.1, 0.15) is 30.5 Å². The first kappa shape index (κ1) is 10.5. The summed E-state index contributed by atoms with van der Waals surface area (Å²) in [6, 6.07) is 6.83. The molecular weight excluding hydrogens is 186 g/mol. The van der Waals surface area contributed by atoms with E-state index in [-0.39, 0.29) is 0 Å². The second kappa shape index (κ2) is 4.23. The number of nitrogens with one attached hydrogen (secondary N) is 1. The molecule has 0 radical (unpaired) electrons. The van der Waals surface area contributed by atoms with E-state index in [1.807, 2.05) is 7.05 Å². The Kier molecular flexibility index (Phi) is 2.96. The van der Waals surface area contributed by atoms with Crippen LogP contribution in [0.4, 0.5) is 0 Å². The third-order valence-electron chi connectivity index (χ3n) is 3.45. The van der Waals surface area contributed by atoms with Crippen molar-refractivity contribution in [2.45, 2.75) is 25.8 Å². The number of rotatable bonds is 2. The molecule has 2 unspecified atom stereocenters. The molecule has 2 nitrogen and oxygen atoms in total. The predicted molar refractivity (Wildman–Crippen MR) is 62.3 cm³/mol. The van der Waals surface area contributed by atoms with Gasteiger partial charge in [0.05, 0.1) is 7.11 Å². The van der Waals surface area contributed by atoms with Crippen molar-refractivity contribution in [3.8, 4) is 5.75 Å². The summed E-state index contributed by atoms with van der Waals surface area (Å²) in [5.41, 5.74) is 2.80. The van der Waals surface area contributed by atoms with Crippen LogP contribution in [0.15, 0.2) is 18.2 Å². The maximum absolute atomic E-state index is 5.41. The SMILES string of the molecule is CNC1c2cccc(OC)c2CCC1C. The van der Waals surface area contributed by atoms with E-state index < -0.39 is 0 Å². The minimum absolute atomic E-state index is 0.476. The fraction of sp³-hybridized carbons (Fsp3) is 0.538. The summed E-state index contributed by atoms with van der Waals surface area (Å²) in [5.74, 6) is 1.74. The summed E-state index contributed by atoms with van der Waals surface area (Å²) in [6.45, 7) is 2.31. The molecule has 0 aromatic heterocycles. The van der Waals surface area contributed by atoms with Gasteiger partial charge in [0.15, 0.2) is 0 Å².